The molecule has 2 aliphatic rings. The van der Waals surface area contributed by atoms with Crippen LogP contribution in [-0.2, 0) is 19.5 Å². The summed E-state index contributed by atoms with van der Waals surface area (Å²) in [6.45, 7) is 1.73. The number of aromatic nitrogens is 2. The molecule has 1 aliphatic heterocycles. The molecule has 11 nitrogen and oxygen atoms in total. The van der Waals surface area contributed by atoms with E-state index in [9.17, 15) is 13.2 Å². The fraction of sp³-hybridized carbons (Fsp3) is 0.417. The van der Waals surface area contributed by atoms with Crippen molar-refractivity contribution >= 4 is 48.3 Å². The van der Waals surface area contributed by atoms with Crippen LogP contribution in [0, 0.1) is 0 Å². The average Bonchev–Trinajstić information content (AvgIpc) is 3.65. The van der Waals surface area contributed by atoms with Gasteiger partial charge in [-0.25, -0.2) is 18.4 Å². The van der Waals surface area contributed by atoms with E-state index in [1.165, 1.54) is 35.6 Å². The maximum absolute atomic E-state index is 13.2. The van der Waals surface area contributed by atoms with Crippen molar-refractivity contribution in [2.75, 3.05) is 38.7 Å². The number of anilines is 1. The third-order valence-electron chi connectivity index (χ3n) is 5.95. The number of likely N-dealkylation sites (tertiary alicyclic amines) is 1. The predicted octanol–water partition coefficient (Wildman–Crippen LogP) is 2.06. The third kappa shape index (κ3) is 5.90. The van der Waals surface area contributed by atoms with Crippen LogP contribution in [0.5, 0.6) is 5.88 Å². The largest absolute Gasteiger partial charge is 0.472 e. The predicted molar refractivity (Wildman–Crippen MR) is 139 cm³/mol. The lowest BCUT2D eigenvalue weighted by Crippen LogP contribution is -2.51. The first-order valence-corrected chi connectivity index (χ1v) is 14.3. The van der Waals surface area contributed by atoms with Gasteiger partial charge in [-0.2, -0.15) is 0 Å². The summed E-state index contributed by atoms with van der Waals surface area (Å²) in [4.78, 5) is 30.3. The first-order valence-electron chi connectivity index (χ1n) is 11.9. The number of oxime groups is 1. The zero-order valence-electron chi connectivity index (χ0n) is 20.2. The van der Waals surface area contributed by atoms with Crippen LogP contribution in [0.3, 0.4) is 0 Å². The number of fused-ring (bicyclic) bond motifs is 1. The van der Waals surface area contributed by atoms with E-state index in [1.54, 1.807) is 12.1 Å². The Morgan fingerprint density at radius 2 is 1.95 bits per heavy atom. The molecule has 13 heteroatoms. The van der Waals surface area contributed by atoms with E-state index >= 15 is 0 Å². The van der Waals surface area contributed by atoms with E-state index in [0.717, 1.165) is 13.1 Å². The van der Waals surface area contributed by atoms with Gasteiger partial charge >= 0.3 is 0 Å². The number of amides is 1. The fourth-order valence-electron chi connectivity index (χ4n) is 3.80. The number of aliphatic hydroxyl groups excluding tert-OH is 1. The topological polar surface area (TPSA) is 143 Å². The molecule has 3 aromatic rings. The molecule has 3 heterocycles. The number of nitrogens with one attached hydrogen (secondary N) is 1. The number of rotatable bonds is 11. The Hall–Kier alpha value is -3.13. The van der Waals surface area contributed by atoms with Gasteiger partial charge in [-0.3, -0.25) is 15.0 Å². The van der Waals surface area contributed by atoms with Gasteiger partial charge in [-0.1, -0.05) is 28.6 Å². The normalized spacial score (nSPS) is 17.0. The van der Waals surface area contributed by atoms with Gasteiger partial charge in [-0.05, 0) is 38.1 Å². The lowest BCUT2D eigenvalue weighted by molar-refractivity contribution is -0.110. The van der Waals surface area contributed by atoms with Gasteiger partial charge in [0.25, 0.3) is 5.91 Å². The Labute approximate surface area is 218 Å². The van der Waals surface area contributed by atoms with Crippen molar-refractivity contribution in [1.82, 2.24) is 14.9 Å². The minimum Gasteiger partial charge on any atom is -0.472 e. The zero-order valence-corrected chi connectivity index (χ0v) is 21.8. The number of nitrogens with zero attached hydrogens (tertiary/aromatic N) is 4. The lowest BCUT2D eigenvalue weighted by Gasteiger charge is -2.35. The second kappa shape index (κ2) is 10.7. The standard InChI is InChI=1S/C24H27N5O6S2/c1-29-13-16(14-29)35-20-10-9-19-23(26-20)36-24(25-19)27-22(31)21(28-34-12-2-11-30)15-3-5-17(6-4-15)37(32,33)18-7-8-18/h3-6,9-10,16,18,30H,2,7-8,11-14H2,1H3,(H,25,27,31)/b28-21+. The molecule has 196 valence electrons. The number of likely N-dealkylation sites (N-methyl/N-ethyl adjacent to an activating group) is 1. The quantitative estimate of drug-likeness (QED) is 0.210. The molecule has 1 saturated heterocycles. The molecular formula is C24H27N5O6S2. The second-order valence-electron chi connectivity index (χ2n) is 9.03. The van der Waals surface area contributed by atoms with Crippen LogP contribution >= 0.6 is 11.3 Å². The van der Waals surface area contributed by atoms with Gasteiger partial charge in [0, 0.05) is 37.7 Å². The number of benzene rings is 1. The van der Waals surface area contributed by atoms with Crippen LogP contribution in [0.4, 0.5) is 5.13 Å². The Morgan fingerprint density at radius 1 is 1.19 bits per heavy atom. The molecule has 1 aliphatic carbocycles. The van der Waals surface area contributed by atoms with Crippen LogP contribution in [0.2, 0.25) is 0 Å². The van der Waals surface area contributed by atoms with Gasteiger partial charge in [0.2, 0.25) is 5.88 Å². The van der Waals surface area contributed by atoms with Crippen molar-refractivity contribution in [1.29, 1.82) is 0 Å². The first kappa shape index (κ1) is 25.5. The molecule has 0 radical (unpaired) electrons. The van der Waals surface area contributed by atoms with Crippen molar-refractivity contribution in [2.45, 2.75) is 35.5 Å². The maximum Gasteiger partial charge on any atom is 0.280 e. The smallest absolute Gasteiger partial charge is 0.280 e. The molecule has 37 heavy (non-hydrogen) atoms. The number of carbonyl (C=O) groups excluding carboxylic acids is 1. The molecule has 2 fully saturated rings. The molecule has 2 aromatic heterocycles. The number of thiazole rings is 1. The Bertz CT molecular complexity index is 1410. The summed E-state index contributed by atoms with van der Waals surface area (Å²) in [6, 6.07) is 9.56. The van der Waals surface area contributed by atoms with Gasteiger partial charge in [0.15, 0.2) is 20.7 Å². The molecule has 0 bridgehead atoms. The lowest BCUT2D eigenvalue weighted by atomic mass is 10.1. The number of ether oxygens (including phenoxy) is 1. The van der Waals surface area contributed by atoms with Crippen molar-refractivity contribution in [3.63, 3.8) is 0 Å². The summed E-state index contributed by atoms with van der Waals surface area (Å²) in [5.41, 5.74) is 0.959. The Balaban J connectivity index is 1.33. The summed E-state index contributed by atoms with van der Waals surface area (Å²) in [7, 11) is -1.33. The van der Waals surface area contributed by atoms with E-state index in [1.807, 2.05) is 7.05 Å². The van der Waals surface area contributed by atoms with E-state index < -0.39 is 15.7 Å². The summed E-state index contributed by atoms with van der Waals surface area (Å²) >= 11 is 1.20. The summed E-state index contributed by atoms with van der Waals surface area (Å²) in [5.74, 6) is -0.0669. The summed E-state index contributed by atoms with van der Waals surface area (Å²) < 4.78 is 30.9. The molecule has 0 spiro atoms. The highest BCUT2D eigenvalue weighted by molar-refractivity contribution is 7.92. The highest BCUT2D eigenvalue weighted by Gasteiger charge is 2.36. The molecule has 1 amide bonds. The first-order chi connectivity index (χ1) is 17.8. The highest BCUT2D eigenvalue weighted by Crippen LogP contribution is 2.33. The van der Waals surface area contributed by atoms with E-state index in [-0.39, 0.29) is 35.2 Å². The van der Waals surface area contributed by atoms with E-state index in [0.29, 0.717) is 46.2 Å². The van der Waals surface area contributed by atoms with Gasteiger partial charge in [0.1, 0.15) is 23.1 Å². The van der Waals surface area contributed by atoms with Crippen molar-refractivity contribution in [3.05, 3.63) is 42.0 Å². The van der Waals surface area contributed by atoms with Crippen LogP contribution in [0.15, 0.2) is 46.4 Å². The van der Waals surface area contributed by atoms with Crippen LogP contribution in [0.1, 0.15) is 24.8 Å². The Morgan fingerprint density at radius 3 is 2.62 bits per heavy atom. The van der Waals surface area contributed by atoms with Crippen molar-refractivity contribution < 1.29 is 27.9 Å². The SMILES string of the molecule is CN1CC(Oc2ccc3nc(NC(=O)/C(=N/OCCCO)c4ccc(S(=O)(=O)C5CC5)cc4)sc3n2)C1. The van der Waals surface area contributed by atoms with Crippen LogP contribution in [0.25, 0.3) is 10.3 Å². The average molecular weight is 546 g/mol. The fourth-order valence-corrected chi connectivity index (χ4v) is 6.28. The molecule has 1 saturated carbocycles. The van der Waals surface area contributed by atoms with Gasteiger partial charge in [0.05, 0.1) is 10.1 Å². The monoisotopic (exact) mass is 545 g/mol. The third-order valence-corrected chi connectivity index (χ3v) is 9.11. The number of pyridine rings is 1. The second-order valence-corrected chi connectivity index (χ2v) is 12.2. The number of sulfone groups is 1. The molecule has 1 aromatic carbocycles. The van der Waals surface area contributed by atoms with Gasteiger partial charge < -0.3 is 14.7 Å². The number of carbonyl (C=O) groups is 1. The van der Waals surface area contributed by atoms with Crippen molar-refractivity contribution in [3.8, 4) is 5.88 Å². The zero-order chi connectivity index (χ0) is 26.0. The maximum atomic E-state index is 13.2. The molecular weight excluding hydrogens is 518 g/mol. The molecule has 2 N–H and O–H groups in total. The number of aliphatic hydroxyl groups is 1. The Kier molecular flexibility index (Phi) is 7.38. The van der Waals surface area contributed by atoms with Crippen LogP contribution < -0.4 is 10.1 Å². The molecule has 0 unspecified atom stereocenters. The summed E-state index contributed by atoms with van der Waals surface area (Å²) in [6.07, 6.45) is 1.79. The van der Waals surface area contributed by atoms with Gasteiger partial charge in [-0.15, -0.1) is 0 Å². The summed E-state index contributed by atoms with van der Waals surface area (Å²) in [5, 5.41) is 15.7. The molecule has 0 atom stereocenters. The number of hydrogen-bond donors (Lipinski definition) is 2. The minimum absolute atomic E-state index is 0.0429. The van der Waals surface area contributed by atoms with Crippen LogP contribution in [-0.4, -0.2) is 84.7 Å². The van der Waals surface area contributed by atoms with E-state index in [4.69, 9.17) is 14.7 Å². The van der Waals surface area contributed by atoms with Crippen molar-refractivity contribution in [2.24, 2.45) is 5.16 Å². The van der Waals surface area contributed by atoms with E-state index in [2.05, 4.69) is 25.3 Å². The number of hydrogen-bond acceptors (Lipinski definition) is 11. The highest BCUT2D eigenvalue weighted by atomic mass is 32.2. The molecule has 5 rings (SSSR count). The minimum atomic E-state index is -3.36.